The van der Waals surface area contributed by atoms with Crippen LogP contribution >= 0.6 is 23.2 Å². The van der Waals surface area contributed by atoms with Gasteiger partial charge in [-0.1, -0.05) is 11.6 Å². The number of nitrogens with two attached hydrogens (primary N) is 1. The van der Waals surface area contributed by atoms with Gasteiger partial charge in [0.15, 0.2) is 23.4 Å². The Kier molecular flexibility index (Phi) is 4.34. The zero-order chi connectivity index (χ0) is 15.7. The number of hydrogen-bond donors (Lipinski definition) is 2. The number of methoxy groups -OCH3 is 1. The van der Waals surface area contributed by atoms with Gasteiger partial charge in [0, 0.05) is 0 Å². The van der Waals surface area contributed by atoms with Crippen molar-refractivity contribution in [3.05, 3.63) is 28.5 Å². The van der Waals surface area contributed by atoms with Crippen LogP contribution in [0.25, 0.3) is 0 Å². The standard InChI is InChI=1S/C12H10Cl2FN3O3/c1-21-9-5(13)3-2-4(7(9)15)11-17-8(12(19)20)6(14)10(16)18-11/h2-3,6,8H,1H3,(H,19,20)(H2,16,17,18). The van der Waals surface area contributed by atoms with Gasteiger partial charge in [-0.3, -0.25) is 0 Å². The number of aliphatic carboxylic acids is 1. The summed E-state index contributed by atoms with van der Waals surface area (Å²) < 4.78 is 19.1. The van der Waals surface area contributed by atoms with E-state index >= 15 is 0 Å². The normalized spacial score (nSPS) is 21.5. The van der Waals surface area contributed by atoms with Crippen molar-refractivity contribution in [1.82, 2.24) is 0 Å². The average molecular weight is 334 g/mol. The monoisotopic (exact) mass is 333 g/mol. The molecule has 0 radical (unpaired) electrons. The summed E-state index contributed by atoms with van der Waals surface area (Å²) in [6, 6.07) is 1.35. The van der Waals surface area contributed by atoms with Crippen LogP contribution in [0.3, 0.4) is 0 Å². The van der Waals surface area contributed by atoms with E-state index in [1.165, 1.54) is 19.2 Å². The predicted molar refractivity (Wildman–Crippen MR) is 77.2 cm³/mol. The fourth-order valence-electron chi connectivity index (χ4n) is 1.77. The highest BCUT2D eigenvalue weighted by Crippen LogP contribution is 2.31. The number of amidine groups is 2. The topological polar surface area (TPSA) is 97.3 Å². The molecule has 1 aliphatic rings. The minimum atomic E-state index is -1.35. The highest BCUT2D eigenvalue weighted by Gasteiger charge is 2.34. The van der Waals surface area contributed by atoms with E-state index in [-0.39, 0.29) is 28.0 Å². The summed E-state index contributed by atoms with van der Waals surface area (Å²) in [6.45, 7) is 0. The Hall–Kier alpha value is -1.86. The number of aliphatic imine (C=N–C) groups is 2. The Bertz CT molecular complexity index is 663. The van der Waals surface area contributed by atoms with Gasteiger partial charge in [0.2, 0.25) is 0 Å². The first-order valence-electron chi connectivity index (χ1n) is 5.68. The number of hydrogen-bond acceptors (Lipinski definition) is 5. The van der Waals surface area contributed by atoms with Crippen LogP contribution in [0.2, 0.25) is 5.02 Å². The zero-order valence-electron chi connectivity index (χ0n) is 10.7. The molecular formula is C12H10Cl2FN3O3. The quantitative estimate of drug-likeness (QED) is 0.822. The van der Waals surface area contributed by atoms with Crippen LogP contribution in [0, 0.1) is 5.82 Å². The maximum atomic E-state index is 14.3. The van der Waals surface area contributed by atoms with E-state index in [0.717, 1.165) is 0 Å². The molecule has 2 unspecified atom stereocenters. The third kappa shape index (κ3) is 2.79. The van der Waals surface area contributed by atoms with E-state index in [0.29, 0.717) is 0 Å². The van der Waals surface area contributed by atoms with Crippen molar-refractivity contribution in [2.24, 2.45) is 15.7 Å². The molecule has 0 saturated carbocycles. The lowest BCUT2D eigenvalue weighted by atomic mass is 10.1. The highest BCUT2D eigenvalue weighted by atomic mass is 35.5. The van der Waals surface area contributed by atoms with Crippen molar-refractivity contribution in [3.8, 4) is 5.75 Å². The van der Waals surface area contributed by atoms with Crippen molar-refractivity contribution in [3.63, 3.8) is 0 Å². The van der Waals surface area contributed by atoms with Gasteiger partial charge in [-0.15, -0.1) is 11.6 Å². The smallest absolute Gasteiger partial charge is 0.330 e. The third-order valence-corrected chi connectivity index (χ3v) is 3.56. The number of carboxylic acid groups (broad SMARTS) is 1. The van der Waals surface area contributed by atoms with Crippen LogP contribution in [0.5, 0.6) is 5.75 Å². The number of ether oxygens (including phenoxy) is 1. The molecule has 0 aromatic heterocycles. The summed E-state index contributed by atoms with van der Waals surface area (Å²) in [5, 5.41) is 8.04. The van der Waals surface area contributed by atoms with Crippen LogP contribution in [0.1, 0.15) is 5.56 Å². The van der Waals surface area contributed by atoms with E-state index in [2.05, 4.69) is 9.98 Å². The highest BCUT2D eigenvalue weighted by molar-refractivity contribution is 6.35. The van der Waals surface area contributed by atoms with Crippen LogP contribution in [0.4, 0.5) is 4.39 Å². The first kappa shape index (κ1) is 15.5. The average Bonchev–Trinajstić information content (AvgIpc) is 2.42. The van der Waals surface area contributed by atoms with Crippen molar-refractivity contribution in [1.29, 1.82) is 0 Å². The largest absolute Gasteiger partial charge is 0.492 e. The summed E-state index contributed by atoms with van der Waals surface area (Å²) in [5.74, 6) is -2.61. The van der Waals surface area contributed by atoms with Crippen molar-refractivity contribution >= 4 is 40.8 Å². The first-order chi connectivity index (χ1) is 9.86. The van der Waals surface area contributed by atoms with Gasteiger partial charge < -0.3 is 15.6 Å². The van der Waals surface area contributed by atoms with Crippen LogP contribution < -0.4 is 10.5 Å². The van der Waals surface area contributed by atoms with Gasteiger partial charge in [-0.25, -0.2) is 19.2 Å². The molecule has 112 valence electrons. The lowest BCUT2D eigenvalue weighted by Gasteiger charge is -2.20. The van der Waals surface area contributed by atoms with Crippen molar-refractivity contribution < 1.29 is 19.0 Å². The Labute approximate surface area is 129 Å². The first-order valence-corrected chi connectivity index (χ1v) is 6.49. The number of carbonyl (C=O) groups is 1. The Morgan fingerprint density at radius 3 is 2.76 bits per heavy atom. The summed E-state index contributed by atoms with van der Waals surface area (Å²) in [4.78, 5) is 18.8. The second-order valence-corrected chi connectivity index (χ2v) is 4.99. The number of halogens is 3. The molecule has 1 aromatic carbocycles. The van der Waals surface area contributed by atoms with Crippen molar-refractivity contribution in [2.45, 2.75) is 11.4 Å². The molecule has 0 fully saturated rings. The summed E-state index contributed by atoms with van der Waals surface area (Å²) in [6.07, 6.45) is 0. The molecule has 6 nitrogen and oxygen atoms in total. The number of carboxylic acids is 1. The second-order valence-electron chi connectivity index (χ2n) is 4.12. The predicted octanol–water partition coefficient (Wildman–Crippen LogP) is 1.67. The van der Waals surface area contributed by atoms with E-state index in [9.17, 15) is 9.18 Å². The molecule has 2 atom stereocenters. The number of alkyl halides is 1. The minimum Gasteiger partial charge on any atom is -0.492 e. The molecule has 1 heterocycles. The molecule has 0 aliphatic carbocycles. The van der Waals surface area contributed by atoms with Gasteiger partial charge in [0.25, 0.3) is 0 Å². The van der Waals surface area contributed by atoms with Gasteiger partial charge >= 0.3 is 5.97 Å². The van der Waals surface area contributed by atoms with Gasteiger partial charge in [-0.2, -0.15) is 0 Å². The van der Waals surface area contributed by atoms with E-state index in [1.54, 1.807) is 0 Å². The van der Waals surface area contributed by atoms with Gasteiger partial charge in [0.1, 0.15) is 11.2 Å². The summed E-state index contributed by atoms with van der Waals surface area (Å²) in [7, 11) is 1.25. The van der Waals surface area contributed by atoms with Crippen molar-refractivity contribution in [2.75, 3.05) is 7.11 Å². The van der Waals surface area contributed by atoms with Crippen LogP contribution in [-0.2, 0) is 4.79 Å². The molecule has 1 aliphatic heterocycles. The van der Waals surface area contributed by atoms with Crippen LogP contribution in [-0.4, -0.2) is 41.3 Å². The minimum absolute atomic E-state index is 0.0668. The van der Waals surface area contributed by atoms with Gasteiger partial charge in [0.05, 0.1) is 17.7 Å². The zero-order valence-corrected chi connectivity index (χ0v) is 12.2. The second kappa shape index (κ2) is 5.87. The molecular weight excluding hydrogens is 324 g/mol. The molecule has 3 N–H and O–H groups in total. The molecule has 1 aromatic rings. The van der Waals surface area contributed by atoms with E-state index in [4.69, 9.17) is 38.8 Å². The lowest BCUT2D eigenvalue weighted by molar-refractivity contribution is -0.138. The molecule has 0 spiro atoms. The molecule has 0 amide bonds. The number of nitrogens with zero attached hydrogens (tertiary/aromatic N) is 2. The van der Waals surface area contributed by atoms with E-state index < -0.39 is 23.2 Å². The molecule has 21 heavy (non-hydrogen) atoms. The molecule has 2 rings (SSSR count). The summed E-state index contributed by atoms with van der Waals surface area (Å²) >= 11 is 11.6. The Balaban J connectivity index is 2.56. The van der Waals surface area contributed by atoms with Gasteiger partial charge in [-0.05, 0) is 12.1 Å². The molecule has 0 saturated heterocycles. The summed E-state index contributed by atoms with van der Waals surface area (Å²) in [5.41, 5.74) is 5.50. The van der Waals surface area contributed by atoms with E-state index in [1.807, 2.05) is 0 Å². The van der Waals surface area contributed by atoms with Crippen LogP contribution in [0.15, 0.2) is 22.1 Å². The lowest BCUT2D eigenvalue weighted by Crippen LogP contribution is -2.42. The third-order valence-electron chi connectivity index (χ3n) is 2.80. The molecule has 0 bridgehead atoms. The number of benzene rings is 1. The molecule has 9 heteroatoms. The maximum Gasteiger partial charge on any atom is 0.330 e. The Morgan fingerprint density at radius 1 is 1.52 bits per heavy atom. The maximum absolute atomic E-state index is 14.3. The SMILES string of the molecule is COc1c(Cl)ccc(C2=NC(C(=O)O)C(Cl)C(N)=N2)c1F. The fraction of sp³-hybridized carbons (Fsp3) is 0.250. The number of rotatable bonds is 3. The fourth-order valence-corrected chi connectivity index (χ4v) is 2.21. The Morgan fingerprint density at radius 2 is 2.19 bits per heavy atom.